The van der Waals surface area contributed by atoms with E-state index >= 15 is 0 Å². The number of benzene rings is 1. The van der Waals surface area contributed by atoms with Crippen LogP contribution in [0, 0.1) is 10.1 Å². The standard InChI is InChI=1S/C13H18N2O4/c1-8-5-10(6-9(2)19-8)14-12-4-3-11(16)7-13(12)15(17)18/h3-4,7-10,14,16H,5-6H2,1-2H3. The van der Waals surface area contributed by atoms with Gasteiger partial charge in [-0.25, -0.2) is 0 Å². The van der Waals surface area contributed by atoms with Gasteiger partial charge in [-0.2, -0.15) is 0 Å². The molecule has 0 bridgehead atoms. The Bertz CT molecular complexity index is 468. The third kappa shape index (κ3) is 3.35. The molecule has 2 atom stereocenters. The highest BCUT2D eigenvalue weighted by molar-refractivity contribution is 5.64. The molecule has 2 rings (SSSR count). The third-order valence-electron chi connectivity index (χ3n) is 3.24. The van der Waals surface area contributed by atoms with Crippen molar-refractivity contribution in [3.05, 3.63) is 28.3 Å². The number of hydrogen-bond acceptors (Lipinski definition) is 5. The zero-order valence-corrected chi connectivity index (χ0v) is 11.0. The lowest BCUT2D eigenvalue weighted by Crippen LogP contribution is -2.37. The highest BCUT2D eigenvalue weighted by Crippen LogP contribution is 2.31. The molecule has 2 N–H and O–H groups in total. The lowest BCUT2D eigenvalue weighted by atomic mass is 9.99. The first-order chi connectivity index (χ1) is 8.95. The molecule has 0 saturated carbocycles. The number of ether oxygens (including phenoxy) is 1. The van der Waals surface area contributed by atoms with E-state index in [2.05, 4.69) is 5.32 Å². The van der Waals surface area contributed by atoms with Crippen LogP contribution in [0.1, 0.15) is 26.7 Å². The summed E-state index contributed by atoms with van der Waals surface area (Å²) in [5.74, 6) is -0.106. The van der Waals surface area contributed by atoms with Crippen molar-refractivity contribution in [2.24, 2.45) is 0 Å². The first kappa shape index (κ1) is 13.6. The lowest BCUT2D eigenvalue weighted by molar-refractivity contribution is -0.384. The molecule has 1 heterocycles. The van der Waals surface area contributed by atoms with Gasteiger partial charge >= 0.3 is 0 Å². The second kappa shape index (κ2) is 5.44. The number of phenols is 1. The van der Waals surface area contributed by atoms with Gasteiger partial charge in [0.15, 0.2) is 0 Å². The van der Waals surface area contributed by atoms with Crippen LogP contribution in [-0.2, 0) is 4.74 Å². The van der Waals surface area contributed by atoms with Crippen molar-refractivity contribution < 1.29 is 14.8 Å². The zero-order valence-electron chi connectivity index (χ0n) is 11.0. The molecule has 0 spiro atoms. The van der Waals surface area contributed by atoms with Gasteiger partial charge in [-0.1, -0.05) is 0 Å². The second-order valence-electron chi connectivity index (χ2n) is 5.03. The molecule has 6 nitrogen and oxygen atoms in total. The Kier molecular flexibility index (Phi) is 3.90. The van der Waals surface area contributed by atoms with E-state index in [1.54, 1.807) is 0 Å². The van der Waals surface area contributed by atoms with Crippen LogP contribution in [0.2, 0.25) is 0 Å². The topological polar surface area (TPSA) is 84.6 Å². The Labute approximate surface area is 111 Å². The SMILES string of the molecule is CC1CC(Nc2ccc(O)cc2[N+](=O)[O-])CC(C)O1. The molecule has 6 heteroatoms. The molecule has 1 saturated heterocycles. The molecule has 1 fully saturated rings. The summed E-state index contributed by atoms with van der Waals surface area (Å²) >= 11 is 0. The van der Waals surface area contributed by atoms with Gasteiger partial charge in [0.05, 0.1) is 23.2 Å². The first-order valence-corrected chi connectivity index (χ1v) is 6.35. The number of nitrogens with one attached hydrogen (secondary N) is 1. The number of nitro benzene ring substituents is 1. The van der Waals surface area contributed by atoms with Crippen molar-refractivity contribution in [1.29, 1.82) is 0 Å². The van der Waals surface area contributed by atoms with Crippen LogP contribution in [0.4, 0.5) is 11.4 Å². The minimum atomic E-state index is -0.492. The average Bonchev–Trinajstić information content (AvgIpc) is 2.30. The monoisotopic (exact) mass is 266 g/mol. The van der Waals surface area contributed by atoms with Gasteiger partial charge < -0.3 is 15.2 Å². The van der Waals surface area contributed by atoms with Gasteiger partial charge in [-0.05, 0) is 38.8 Å². The Morgan fingerprint density at radius 1 is 1.37 bits per heavy atom. The van der Waals surface area contributed by atoms with E-state index in [-0.39, 0.29) is 29.7 Å². The highest BCUT2D eigenvalue weighted by atomic mass is 16.6. The molecule has 0 aromatic heterocycles. The summed E-state index contributed by atoms with van der Waals surface area (Å²) in [5, 5.41) is 23.5. The van der Waals surface area contributed by atoms with Crippen LogP contribution in [0.15, 0.2) is 18.2 Å². The summed E-state index contributed by atoms with van der Waals surface area (Å²) in [4.78, 5) is 10.5. The van der Waals surface area contributed by atoms with E-state index in [0.29, 0.717) is 5.69 Å². The number of anilines is 1. The lowest BCUT2D eigenvalue weighted by Gasteiger charge is -2.33. The molecule has 2 unspecified atom stereocenters. The quantitative estimate of drug-likeness (QED) is 0.499. The van der Waals surface area contributed by atoms with Gasteiger partial charge in [0, 0.05) is 6.04 Å². The fourth-order valence-corrected chi connectivity index (χ4v) is 2.54. The van der Waals surface area contributed by atoms with Gasteiger partial charge in [0.1, 0.15) is 11.4 Å². The van der Waals surface area contributed by atoms with Crippen LogP contribution in [0.25, 0.3) is 0 Å². The number of phenolic OH excluding ortho intramolecular Hbond substituents is 1. The van der Waals surface area contributed by atoms with Crippen LogP contribution >= 0.6 is 0 Å². The zero-order chi connectivity index (χ0) is 14.0. The van der Waals surface area contributed by atoms with Crippen molar-refractivity contribution in [2.75, 3.05) is 5.32 Å². The van der Waals surface area contributed by atoms with Crippen LogP contribution < -0.4 is 5.32 Å². The molecule has 1 aliphatic rings. The number of aromatic hydroxyl groups is 1. The van der Waals surface area contributed by atoms with Crippen molar-refractivity contribution in [3.63, 3.8) is 0 Å². The summed E-state index contributed by atoms with van der Waals surface area (Å²) in [5.41, 5.74) is 0.334. The Morgan fingerprint density at radius 2 is 2.00 bits per heavy atom. The Balaban J connectivity index is 2.16. The summed E-state index contributed by atoms with van der Waals surface area (Å²) in [6.07, 6.45) is 1.89. The molecule has 1 aromatic carbocycles. The van der Waals surface area contributed by atoms with E-state index in [1.807, 2.05) is 13.8 Å². The minimum Gasteiger partial charge on any atom is -0.508 e. The molecule has 19 heavy (non-hydrogen) atoms. The molecule has 104 valence electrons. The van der Waals surface area contributed by atoms with Crippen molar-refractivity contribution >= 4 is 11.4 Å². The summed E-state index contributed by atoms with van der Waals surface area (Å²) in [7, 11) is 0. The van der Waals surface area contributed by atoms with E-state index in [4.69, 9.17) is 4.74 Å². The van der Waals surface area contributed by atoms with Gasteiger partial charge in [0.2, 0.25) is 0 Å². The van der Waals surface area contributed by atoms with Crippen LogP contribution in [0.5, 0.6) is 5.75 Å². The van der Waals surface area contributed by atoms with E-state index in [0.717, 1.165) is 18.9 Å². The number of hydrogen-bond donors (Lipinski definition) is 2. The Morgan fingerprint density at radius 3 is 2.58 bits per heavy atom. The maximum atomic E-state index is 11.0. The van der Waals surface area contributed by atoms with E-state index in [9.17, 15) is 15.2 Å². The molecule has 0 aliphatic carbocycles. The average molecular weight is 266 g/mol. The first-order valence-electron chi connectivity index (χ1n) is 6.35. The van der Waals surface area contributed by atoms with Crippen LogP contribution in [-0.4, -0.2) is 28.3 Å². The smallest absolute Gasteiger partial charge is 0.296 e. The molecular formula is C13H18N2O4. The van der Waals surface area contributed by atoms with Gasteiger partial charge in [0.25, 0.3) is 5.69 Å². The predicted molar refractivity (Wildman–Crippen MR) is 71.4 cm³/mol. The minimum absolute atomic E-state index is 0.105. The number of nitro groups is 1. The molecule has 1 aliphatic heterocycles. The molecule has 0 radical (unpaired) electrons. The highest BCUT2D eigenvalue weighted by Gasteiger charge is 2.26. The summed E-state index contributed by atoms with van der Waals surface area (Å²) in [6, 6.07) is 4.29. The molecular weight excluding hydrogens is 248 g/mol. The third-order valence-corrected chi connectivity index (χ3v) is 3.24. The number of rotatable bonds is 3. The maximum Gasteiger partial charge on any atom is 0.296 e. The normalized spacial score (nSPS) is 26.9. The second-order valence-corrected chi connectivity index (χ2v) is 5.03. The van der Waals surface area contributed by atoms with Gasteiger partial charge in [-0.3, -0.25) is 10.1 Å². The fourth-order valence-electron chi connectivity index (χ4n) is 2.54. The van der Waals surface area contributed by atoms with E-state index in [1.165, 1.54) is 12.1 Å². The fraction of sp³-hybridized carbons (Fsp3) is 0.538. The molecule has 1 aromatic rings. The van der Waals surface area contributed by atoms with Gasteiger partial charge in [-0.15, -0.1) is 0 Å². The number of nitrogens with zero attached hydrogens (tertiary/aromatic N) is 1. The predicted octanol–water partition coefficient (Wildman–Crippen LogP) is 2.67. The summed E-state index contributed by atoms with van der Waals surface area (Å²) < 4.78 is 5.64. The van der Waals surface area contributed by atoms with Crippen molar-refractivity contribution in [3.8, 4) is 5.75 Å². The van der Waals surface area contributed by atoms with Crippen LogP contribution in [0.3, 0.4) is 0 Å². The van der Waals surface area contributed by atoms with E-state index < -0.39 is 4.92 Å². The largest absolute Gasteiger partial charge is 0.508 e. The molecule has 0 amide bonds. The Hall–Kier alpha value is -1.82. The summed E-state index contributed by atoms with van der Waals surface area (Å²) in [6.45, 7) is 3.99. The van der Waals surface area contributed by atoms with Crippen molar-refractivity contribution in [1.82, 2.24) is 0 Å². The van der Waals surface area contributed by atoms with Crippen molar-refractivity contribution in [2.45, 2.75) is 44.9 Å². The maximum absolute atomic E-state index is 11.0.